The van der Waals surface area contributed by atoms with E-state index in [0.717, 1.165) is 12.8 Å². The lowest BCUT2D eigenvalue weighted by atomic mass is 10.4. The van der Waals surface area contributed by atoms with Gasteiger partial charge in [0, 0.05) is 0 Å². The Labute approximate surface area is 84.3 Å². The first-order valence-electron chi connectivity index (χ1n) is 4.96. The Morgan fingerprint density at radius 3 is 2.21 bits per heavy atom. The Bertz CT molecular complexity index is 209. The molecule has 1 atom stereocenters. The van der Waals surface area contributed by atoms with Gasteiger partial charge in [-0.2, -0.15) is 5.48 Å². The van der Waals surface area contributed by atoms with Gasteiger partial charge >= 0.3 is 7.60 Å². The van der Waals surface area contributed by atoms with Crippen LogP contribution in [-0.4, -0.2) is 24.2 Å². The second kappa shape index (κ2) is 5.24. The Morgan fingerprint density at radius 2 is 1.93 bits per heavy atom. The molecule has 0 aromatic heterocycles. The molecule has 0 aliphatic heterocycles. The molecule has 0 amide bonds. The monoisotopic (exact) mass is 223 g/mol. The molecule has 1 aliphatic rings. The van der Waals surface area contributed by atoms with Crippen LogP contribution in [0.2, 0.25) is 0 Å². The predicted octanol–water partition coefficient (Wildman–Crippen LogP) is 1.97. The Hall–Kier alpha value is 0.0700. The number of hydrogen-bond donors (Lipinski definition) is 2. The molecular formula is C8H18NO4P. The highest BCUT2D eigenvalue weighted by Crippen LogP contribution is 2.58. The lowest BCUT2D eigenvalue weighted by Crippen LogP contribution is -2.29. The van der Waals surface area contributed by atoms with E-state index in [1.54, 1.807) is 13.8 Å². The lowest BCUT2D eigenvalue weighted by molar-refractivity contribution is 0.117. The minimum atomic E-state index is -3.18. The van der Waals surface area contributed by atoms with Gasteiger partial charge in [0.05, 0.1) is 13.2 Å². The summed E-state index contributed by atoms with van der Waals surface area (Å²) in [5.41, 5.74) is 2.06. The summed E-state index contributed by atoms with van der Waals surface area (Å²) < 4.78 is 22.4. The molecule has 1 saturated carbocycles. The highest BCUT2D eigenvalue weighted by molar-refractivity contribution is 7.54. The lowest BCUT2D eigenvalue weighted by Gasteiger charge is -2.24. The minimum absolute atomic E-state index is 0.212. The molecule has 6 heteroatoms. The molecule has 0 bridgehead atoms. The van der Waals surface area contributed by atoms with E-state index in [-0.39, 0.29) is 5.92 Å². The van der Waals surface area contributed by atoms with Gasteiger partial charge in [0.2, 0.25) is 0 Å². The second-order valence-electron chi connectivity index (χ2n) is 3.29. The van der Waals surface area contributed by atoms with Crippen LogP contribution in [0, 0.1) is 5.92 Å². The minimum Gasteiger partial charge on any atom is -0.316 e. The topological polar surface area (TPSA) is 67.8 Å². The van der Waals surface area contributed by atoms with Crippen molar-refractivity contribution in [3.05, 3.63) is 0 Å². The highest BCUT2D eigenvalue weighted by Gasteiger charge is 2.45. The van der Waals surface area contributed by atoms with Crippen LogP contribution in [-0.2, 0) is 13.6 Å². The van der Waals surface area contributed by atoms with Gasteiger partial charge in [-0.1, -0.05) is 0 Å². The predicted molar refractivity (Wildman–Crippen MR) is 52.3 cm³/mol. The summed E-state index contributed by atoms with van der Waals surface area (Å²) >= 11 is 0. The molecule has 14 heavy (non-hydrogen) atoms. The molecule has 0 aromatic rings. The van der Waals surface area contributed by atoms with Crippen molar-refractivity contribution in [3.8, 4) is 0 Å². The number of hydroxylamine groups is 1. The van der Waals surface area contributed by atoms with Crippen molar-refractivity contribution in [2.45, 2.75) is 32.5 Å². The summed E-state index contributed by atoms with van der Waals surface area (Å²) in [4.78, 5) is 0. The molecule has 1 fully saturated rings. The maximum absolute atomic E-state index is 12.2. The van der Waals surface area contributed by atoms with Crippen molar-refractivity contribution in [1.29, 1.82) is 0 Å². The number of nitrogens with one attached hydrogen (secondary N) is 1. The largest absolute Gasteiger partial charge is 0.349 e. The quantitative estimate of drug-likeness (QED) is 0.510. The molecule has 0 saturated heterocycles. The molecule has 0 heterocycles. The van der Waals surface area contributed by atoms with E-state index in [1.165, 1.54) is 0 Å². The van der Waals surface area contributed by atoms with E-state index in [4.69, 9.17) is 14.3 Å². The van der Waals surface area contributed by atoms with E-state index < -0.39 is 13.4 Å². The molecule has 1 unspecified atom stereocenters. The Morgan fingerprint density at radius 1 is 1.43 bits per heavy atom. The third-order valence-corrected chi connectivity index (χ3v) is 4.61. The standard InChI is InChI=1S/C8H18NO4P/c1-3-12-14(11,13-4-2)8(9-10)7-5-6-7/h7-10H,3-6H2,1-2H3. The average molecular weight is 223 g/mol. The maximum atomic E-state index is 12.2. The SMILES string of the molecule is CCOP(=O)(OCC)C(NO)C1CC1. The summed E-state index contributed by atoms with van der Waals surface area (Å²) in [7, 11) is -3.18. The van der Waals surface area contributed by atoms with Gasteiger partial charge < -0.3 is 14.3 Å². The van der Waals surface area contributed by atoms with E-state index in [9.17, 15) is 4.57 Å². The summed E-state index contributed by atoms with van der Waals surface area (Å²) in [6.45, 7) is 4.16. The van der Waals surface area contributed by atoms with Crippen molar-refractivity contribution >= 4 is 7.60 Å². The molecule has 84 valence electrons. The van der Waals surface area contributed by atoms with Crippen LogP contribution in [0.4, 0.5) is 0 Å². The smallest absolute Gasteiger partial charge is 0.316 e. The van der Waals surface area contributed by atoms with E-state index >= 15 is 0 Å². The molecule has 1 rings (SSSR count). The van der Waals surface area contributed by atoms with Crippen LogP contribution in [0.1, 0.15) is 26.7 Å². The van der Waals surface area contributed by atoms with Gasteiger partial charge in [0.25, 0.3) is 0 Å². The van der Waals surface area contributed by atoms with Crippen LogP contribution in [0.25, 0.3) is 0 Å². The summed E-state index contributed by atoms with van der Waals surface area (Å²) in [6, 6.07) is 0. The molecule has 1 aliphatic carbocycles. The molecule has 2 N–H and O–H groups in total. The van der Waals surface area contributed by atoms with Gasteiger partial charge in [-0.3, -0.25) is 4.57 Å². The zero-order valence-electron chi connectivity index (χ0n) is 8.60. The molecule has 0 aromatic carbocycles. The van der Waals surface area contributed by atoms with E-state index in [2.05, 4.69) is 5.48 Å². The fraction of sp³-hybridized carbons (Fsp3) is 1.00. The van der Waals surface area contributed by atoms with Crippen molar-refractivity contribution < 1.29 is 18.8 Å². The summed E-state index contributed by atoms with van der Waals surface area (Å²) in [6.07, 6.45) is 1.92. The van der Waals surface area contributed by atoms with Crippen molar-refractivity contribution in [1.82, 2.24) is 5.48 Å². The first-order valence-corrected chi connectivity index (χ1v) is 6.57. The average Bonchev–Trinajstić information content (AvgIpc) is 2.90. The maximum Gasteiger partial charge on any atom is 0.349 e. The van der Waals surface area contributed by atoms with Crippen LogP contribution in [0.3, 0.4) is 0 Å². The zero-order chi connectivity index (χ0) is 10.6. The highest BCUT2D eigenvalue weighted by atomic mass is 31.2. The van der Waals surface area contributed by atoms with E-state index in [1.807, 2.05) is 0 Å². The van der Waals surface area contributed by atoms with Crippen molar-refractivity contribution in [3.63, 3.8) is 0 Å². The van der Waals surface area contributed by atoms with Crippen molar-refractivity contribution in [2.24, 2.45) is 5.92 Å². The fourth-order valence-corrected chi connectivity index (χ4v) is 3.48. The summed E-state index contributed by atoms with van der Waals surface area (Å²) in [5.74, 6) is -0.355. The van der Waals surface area contributed by atoms with Gasteiger partial charge in [-0.25, -0.2) is 0 Å². The third kappa shape index (κ3) is 2.78. The third-order valence-electron chi connectivity index (χ3n) is 2.16. The van der Waals surface area contributed by atoms with Gasteiger partial charge in [-0.05, 0) is 32.6 Å². The van der Waals surface area contributed by atoms with Crippen LogP contribution in [0.15, 0.2) is 0 Å². The Kier molecular flexibility index (Phi) is 4.54. The first-order chi connectivity index (χ1) is 6.68. The van der Waals surface area contributed by atoms with Crippen LogP contribution >= 0.6 is 7.60 Å². The molecule has 5 nitrogen and oxygen atoms in total. The van der Waals surface area contributed by atoms with Gasteiger partial charge in [0.1, 0.15) is 5.78 Å². The normalized spacial score (nSPS) is 19.6. The fourth-order valence-electron chi connectivity index (χ4n) is 1.40. The molecule has 0 radical (unpaired) electrons. The van der Waals surface area contributed by atoms with E-state index in [0.29, 0.717) is 13.2 Å². The molecular weight excluding hydrogens is 205 g/mol. The Balaban J connectivity index is 2.66. The second-order valence-corrected chi connectivity index (χ2v) is 5.44. The van der Waals surface area contributed by atoms with Crippen LogP contribution < -0.4 is 5.48 Å². The summed E-state index contributed by atoms with van der Waals surface area (Å²) in [5, 5.41) is 8.94. The van der Waals surface area contributed by atoms with Crippen LogP contribution in [0.5, 0.6) is 0 Å². The van der Waals surface area contributed by atoms with Gasteiger partial charge in [-0.15, -0.1) is 0 Å². The zero-order valence-corrected chi connectivity index (χ0v) is 9.50. The van der Waals surface area contributed by atoms with Crippen molar-refractivity contribution in [2.75, 3.05) is 13.2 Å². The first kappa shape index (κ1) is 12.1. The number of rotatable bonds is 7. The van der Waals surface area contributed by atoms with Gasteiger partial charge in [0.15, 0.2) is 0 Å². The molecule has 0 spiro atoms. The number of hydrogen-bond acceptors (Lipinski definition) is 5.